The fourth-order valence-electron chi connectivity index (χ4n) is 1.71. The molecule has 15 heavy (non-hydrogen) atoms. The van der Waals surface area contributed by atoms with Gasteiger partial charge in [-0.15, -0.1) is 0 Å². The van der Waals surface area contributed by atoms with Gasteiger partial charge < -0.3 is 5.32 Å². The molecule has 0 aromatic carbocycles. The van der Waals surface area contributed by atoms with Crippen molar-refractivity contribution in [1.82, 2.24) is 4.98 Å². The molecule has 0 aliphatic heterocycles. The normalized spacial score (nSPS) is 15.1. The highest BCUT2D eigenvalue weighted by Gasteiger charge is 2.26. The molecule has 0 fully saturated rings. The summed E-state index contributed by atoms with van der Waals surface area (Å²) in [6, 6.07) is 3.46. The molecule has 0 unspecified atom stereocenters. The maximum Gasteiger partial charge on any atom is 0.405 e. The number of nitrogens with zero attached hydrogens (tertiary/aromatic N) is 1. The van der Waals surface area contributed by atoms with Crippen LogP contribution in [0.15, 0.2) is 12.1 Å². The van der Waals surface area contributed by atoms with Crippen molar-refractivity contribution < 1.29 is 13.2 Å². The van der Waals surface area contributed by atoms with Gasteiger partial charge in [0.15, 0.2) is 0 Å². The van der Waals surface area contributed by atoms with Crippen LogP contribution in [-0.4, -0.2) is 17.7 Å². The zero-order chi connectivity index (χ0) is 10.9. The van der Waals surface area contributed by atoms with Gasteiger partial charge in [0.2, 0.25) is 0 Å². The number of hydrogen-bond acceptors (Lipinski definition) is 2. The SMILES string of the molecule is FC(F)(F)CNc1ccc2c(n1)CCC2. The lowest BCUT2D eigenvalue weighted by Crippen LogP contribution is -2.21. The molecule has 2 rings (SSSR count). The van der Waals surface area contributed by atoms with Crippen LogP contribution in [0.4, 0.5) is 19.0 Å². The molecule has 1 aromatic rings. The Balaban J connectivity index is 2.04. The van der Waals surface area contributed by atoms with Crippen LogP contribution in [0.1, 0.15) is 17.7 Å². The number of nitrogens with one attached hydrogen (secondary N) is 1. The first-order valence-electron chi connectivity index (χ1n) is 4.84. The number of anilines is 1. The number of aryl methyl sites for hydroxylation is 2. The van der Waals surface area contributed by atoms with Crippen LogP contribution >= 0.6 is 0 Å². The van der Waals surface area contributed by atoms with Crippen LogP contribution in [-0.2, 0) is 12.8 Å². The topological polar surface area (TPSA) is 24.9 Å². The molecule has 1 aliphatic carbocycles. The van der Waals surface area contributed by atoms with Crippen molar-refractivity contribution in [2.45, 2.75) is 25.4 Å². The third-order valence-electron chi connectivity index (χ3n) is 2.40. The van der Waals surface area contributed by atoms with Gasteiger partial charge in [-0.3, -0.25) is 0 Å². The van der Waals surface area contributed by atoms with E-state index >= 15 is 0 Å². The summed E-state index contributed by atoms with van der Waals surface area (Å²) in [5.74, 6) is 0.313. The number of fused-ring (bicyclic) bond motifs is 1. The molecular formula is C10H11F3N2. The number of rotatable bonds is 2. The monoisotopic (exact) mass is 216 g/mol. The van der Waals surface area contributed by atoms with Crippen molar-refractivity contribution >= 4 is 5.82 Å². The van der Waals surface area contributed by atoms with E-state index in [1.54, 1.807) is 6.07 Å². The van der Waals surface area contributed by atoms with Gasteiger partial charge in [0, 0.05) is 5.69 Å². The molecule has 5 heteroatoms. The molecule has 0 amide bonds. The molecule has 0 bridgehead atoms. The number of halogens is 3. The molecule has 0 spiro atoms. The van der Waals surface area contributed by atoms with Gasteiger partial charge in [0.25, 0.3) is 0 Å². The van der Waals surface area contributed by atoms with Crippen LogP contribution in [0.5, 0.6) is 0 Å². The van der Waals surface area contributed by atoms with Crippen molar-refractivity contribution in [3.63, 3.8) is 0 Å². The third-order valence-corrected chi connectivity index (χ3v) is 2.40. The minimum Gasteiger partial charge on any atom is -0.361 e. The highest BCUT2D eigenvalue weighted by atomic mass is 19.4. The molecule has 1 aromatic heterocycles. The quantitative estimate of drug-likeness (QED) is 0.821. The summed E-state index contributed by atoms with van der Waals surface area (Å²) in [5.41, 5.74) is 2.09. The summed E-state index contributed by atoms with van der Waals surface area (Å²) in [4.78, 5) is 4.15. The number of pyridine rings is 1. The summed E-state index contributed by atoms with van der Waals surface area (Å²) in [6.07, 6.45) is -1.29. The Morgan fingerprint density at radius 1 is 1.27 bits per heavy atom. The summed E-state index contributed by atoms with van der Waals surface area (Å²) < 4.78 is 35.8. The first-order valence-corrected chi connectivity index (χ1v) is 4.84. The van der Waals surface area contributed by atoms with Gasteiger partial charge in [-0.25, -0.2) is 4.98 Å². The van der Waals surface area contributed by atoms with Crippen LogP contribution < -0.4 is 5.32 Å². The molecule has 0 saturated carbocycles. The van der Waals surface area contributed by atoms with E-state index in [1.807, 2.05) is 6.07 Å². The second kappa shape index (κ2) is 3.72. The smallest absolute Gasteiger partial charge is 0.361 e. The van der Waals surface area contributed by atoms with Crippen LogP contribution in [0.3, 0.4) is 0 Å². The van der Waals surface area contributed by atoms with Gasteiger partial charge in [-0.1, -0.05) is 6.07 Å². The summed E-state index contributed by atoms with van der Waals surface area (Å²) >= 11 is 0. The lowest BCUT2D eigenvalue weighted by atomic mass is 10.2. The molecule has 0 saturated heterocycles. The third kappa shape index (κ3) is 2.61. The van der Waals surface area contributed by atoms with Crippen molar-refractivity contribution in [3.05, 3.63) is 23.4 Å². The molecule has 1 N–H and O–H groups in total. The highest BCUT2D eigenvalue weighted by Crippen LogP contribution is 2.22. The van der Waals surface area contributed by atoms with Gasteiger partial charge >= 0.3 is 6.18 Å². The summed E-state index contributed by atoms with van der Waals surface area (Å²) in [6.45, 7) is -1.03. The molecular weight excluding hydrogens is 205 g/mol. The number of hydrogen-bond donors (Lipinski definition) is 1. The Kier molecular flexibility index (Phi) is 2.54. The van der Waals surface area contributed by atoms with E-state index in [1.165, 1.54) is 0 Å². The average Bonchev–Trinajstić information content (AvgIpc) is 2.60. The van der Waals surface area contributed by atoms with E-state index in [9.17, 15) is 13.2 Å². The van der Waals surface area contributed by atoms with Crippen molar-refractivity contribution in [2.24, 2.45) is 0 Å². The molecule has 0 radical (unpaired) electrons. The molecule has 2 nitrogen and oxygen atoms in total. The zero-order valence-electron chi connectivity index (χ0n) is 8.06. The van der Waals surface area contributed by atoms with Gasteiger partial charge in [-0.2, -0.15) is 13.2 Å². The van der Waals surface area contributed by atoms with E-state index in [2.05, 4.69) is 10.3 Å². The number of aromatic nitrogens is 1. The molecule has 1 heterocycles. The first kappa shape index (κ1) is 10.3. The van der Waals surface area contributed by atoms with Gasteiger partial charge in [0.05, 0.1) is 0 Å². The predicted octanol–water partition coefficient (Wildman–Crippen LogP) is 2.54. The highest BCUT2D eigenvalue weighted by molar-refractivity contribution is 5.40. The Bertz CT molecular complexity index is 360. The van der Waals surface area contributed by atoms with Gasteiger partial charge in [-0.05, 0) is 30.9 Å². The fraction of sp³-hybridized carbons (Fsp3) is 0.500. The first-order chi connectivity index (χ1) is 7.04. The lowest BCUT2D eigenvalue weighted by molar-refractivity contribution is -0.115. The maximum absolute atomic E-state index is 11.9. The van der Waals surface area contributed by atoms with Crippen molar-refractivity contribution in [2.75, 3.05) is 11.9 Å². The van der Waals surface area contributed by atoms with Gasteiger partial charge in [0.1, 0.15) is 12.4 Å². The largest absolute Gasteiger partial charge is 0.405 e. The Hall–Kier alpha value is -1.26. The van der Waals surface area contributed by atoms with E-state index < -0.39 is 12.7 Å². The van der Waals surface area contributed by atoms with E-state index in [-0.39, 0.29) is 0 Å². The van der Waals surface area contributed by atoms with Crippen LogP contribution in [0, 0.1) is 0 Å². The second-order valence-corrected chi connectivity index (χ2v) is 3.62. The fourth-order valence-corrected chi connectivity index (χ4v) is 1.71. The van der Waals surface area contributed by atoms with Crippen molar-refractivity contribution in [3.8, 4) is 0 Å². The molecule has 0 atom stereocenters. The van der Waals surface area contributed by atoms with E-state index in [0.717, 1.165) is 30.5 Å². The Morgan fingerprint density at radius 2 is 2.07 bits per heavy atom. The van der Waals surface area contributed by atoms with Crippen molar-refractivity contribution in [1.29, 1.82) is 0 Å². The minimum absolute atomic E-state index is 0.313. The second-order valence-electron chi connectivity index (χ2n) is 3.62. The number of alkyl halides is 3. The maximum atomic E-state index is 11.9. The predicted molar refractivity (Wildman–Crippen MR) is 50.8 cm³/mol. The minimum atomic E-state index is -4.19. The summed E-state index contributed by atoms with van der Waals surface area (Å²) in [7, 11) is 0. The summed E-state index contributed by atoms with van der Waals surface area (Å²) in [5, 5.41) is 2.28. The lowest BCUT2D eigenvalue weighted by Gasteiger charge is -2.09. The Morgan fingerprint density at radius 3 is 2.80 bits per heavy atom. The Labute approximate surface area is 85.5 Å². The van der Waals surface area contributed by atoms with E-state index in [0.29, 0.717) is 5.82 Å². The standard InChI is InChI=1S/C10H11F3N2/c11-10(12,13)6-14-9-5-4-7-2-1-3-8(7)15-9/h4-5H,1-3,6H2,(H,14,15). The molecule has 82 valence electrons. The average molecular weight is 216 g/mol. The van der Waals surface area contributed by atoms with Crippen LogP contribution in [0.2, 0.25) is 0 Å². The van der Waals surface area contributed by atoms with Crippen LogP contribution in [0.25, 0.3) is 0 Å². The molecule has 1 aliphatic rings. The zero-order valence-corrected chi connectivity index (χ0v) is 8.06. The van der Waals surface area contributed by atoms with E-state index in [4.69, 9.17) is 0 Å².